The number of benzene rings is 1. The number of hydrogen-bond acceptors (Lipinski definition) is 7. The average Bonchev–Trinajstić information content (AvgIpc) is 3.08. The summed E-state index contributed by atoms with van der Waals surface area (Å²) in [6.45, 7) is 1.90. The molecular formula is C17H18N2O6. The fourth-order valence-electron chi connectivity index (χ4n) is 1.91. The van der Waals surface area contributed by atoms with Gasteiger partial charge in [0, 0.05) is 11.6 Å². The monoisotopic (exact) mass is 346 g/mol. The van der Waals surface area contributed by atoms with Crippen LogP contribution in [0.5, 0.6) is 11.5 Å². The SMILES string of the molecule is CCOC(=O)c1coc(NC(=O)/C=C/c2cc(OC)ccc2OC)n1. The van der Waals surface area contributed by atoms with Crippen molar-refractivity contribution < 1.29 is 28.2 Å². The second kappa shape index (κ2) is 8.53. The van der Waals surface area contributed by atoms with Crippen LogP contribution < -0.4 is 14.8 Å². The van der Waals surface area contributed by atoms with E-state index >= 15 is 0 Å². The molecule has 0 unspecified atom stereocenters. The van der Waals surface area contributed by atoms with Crippen molar-refractivity contribution in [1.29, 1.82) is 0 Å². The Morgan fingerprint density at radius 3 is 2.76 bits per heavy atom. The van der Waals surface area contributed by atoms with E-state index in [-0.39, 0.29) is 18.3 Å². The van der Waals surface area contributed by atoms with E-state index in [1.807, 2.05) is 0 Å². The summed E-state index contributed by atoms with van der Waals surface area (Å²) in [5.74, 6) is 0.115. The molecule has 0 aliphatic rings. The molecule has 1 amide bonds. The summed E-state index contributed by atoms with van der Waals surface area (Å²) in [6.07, 6.45) is 3.96. The van der Waals surface area contributed by atoms with Crippen molar-refractivity contribution in [2.45, 2.75) is 6.92 Å². The van der Waals surface area contributed by atoms with Gasteiger partial charge < -0.3 is 18.6 Å². The molecule has 0 saturated carbocycles. The van der Waals surface area contributed by atoms with E-state index in [4.69, 9.17) is 18.6 Å². The highest BCUT2D eigenvalue weighted by Crippen LogP contribution is 2.25. The zero-order valence-corrected chi connectivity index (χ0v) is 14.1. The predicted molar refractivity (Wildman–Crippen MR) is 89.7 cm³/mol. The molecule has 0 atom stereocenters. The van der Waals surface area contributed by atoms with Crippen LogP contribution in [0.4, 0.5) is 6.01 Å². The summed E-state index contributed by atoms with van der Waals surface area (Å²) in [7, 11) is 3.08. The van der Waals surface area contributed by atoms with Gasteiger partial charge in [0.25, 0.3) is 5.91 Å². The van der Waals surface area contributed by atoms with Crippen molar-refractivity contribution in [3.05, 3.63) is 41.8 Å². The second-order valence-electron chi connectivity index (χ2n) is 4.69. The highest BCUT2D eigenvalue weighted by Gasteiger charge is 2.14. The van der Waals surface area contributed by atoms with Gasteiger partial charge in [-0.25, -0.2) is 4.79 Å². The van der Waals surface area contributed by atoms with Crippen LogP contribution in [0.2, 0.25) is 0 Å². The van der Waals surface area contributed by atoms with E-state index in [1.165, 1.54) is 13.2 Å². The van der Waals surface area contributed by atoms with Crippen LogP contribution in [-0.2, 0) is 9.53 Å². The minimum absolute atomic E-state index is 0.0180. The van der Waals surface area contributed by atoms with Crippen molar-refractivity contribution in [3.63, 3.8) is 0 Å². The molecule has 8 heteroatoms. The second-order valence-corrected chi connectivity index (χ2v) is 4.69. The summed E-state index contributed by atoms with van der Waals surface area (Å²) < 4.78 is 20.2. The number of carbonyl (C=O) groups is 2. The van der Waals surface area contributed by atoms with E-state index in [9.17, 15) is 9.59 Å². The average molecular weight is 346 g/mol. The first kappa shape index (κ1) is 18.1. The van der Waals surface area contributed by atoms with E-state index in [1.54, 1.807) is 38.3 Å². The Hall–Kier alpha value is -3.29. The zero-order valence-electron chi connectivity index (χ0n) is 14.1. The molecule has 2 rings (SSSR count). The minimum atomic E-state index is -0.622. The van der Waals surface area contributed by atoms with E-state index in [0.29, 0.717) is 17.1 Å². The van der Waals surface area contributed by atoms with Crippen LogP contribution in [-0.4, -0.2) is 37.7 Å². The van der Waals surface area contributed by atoms with Gasteiger partial charge in [-0.15, -0.1) is 0 Å². The normalized spacial score (nSPS) is 10.5. The molecule has 0 spiro atoms. The van der Waals surface area contributed by atoms with Gasteiger partial charge in [0.2, 0.25) is 0 Å². The number of ether oxygens (including phenoxy) is 3. The summed E-state index contributed by atoms with van der Waals surface area (Å²) in [4.78, 5) is 27.3. The number of esters is 1. The van der Waals surface area contributed by atoms with Crippen LogP contribution >= 0.6 is 0 Å². The number of aromatic nitrogens is 1. The van der Waals surface area contributed by atoms with Crippen LogP contribution in [0.25, 0.3) is 6.08 Å². The van der Waals surface area contributed by atoms with Gasteiger partial charge in [-0.1, -0.05) is 0 Å². The standard InChI is InChI=1S/C17H18N2O6/c1-4-24-16(21)13-10-25-17(18-13)19-15(20)8-5-11-9-12(22-2)6-7-14(11)23-3/h5-10H,4H2,1-3H3,(H,18,19,20)/b8-5+. The molecular weight excluding hydrogens is 328 g/mol. The molecule has 1 aromatic carbocycles. The largest absolute Gasteiger partial charge is 0.497 e. The maximum absolute atomic E-state index is 12.0. The van der Waals surface area contributed by atoms with E-state index in [0.717, 1.165) is 6.26 Å². The van der Waals surface area contributed by atoms with E-state index in [2.05, 4.69) is 10.3 Å². The van der Waals surface area contributed by atoms with Crippen molar-refractivity contribution in [3.8, 4) is 11.5 Å². The van der Waals surface area contributed by atoms with Gasteiger partial charge >= 0.3 is 12.0 Å². The number of nitrogens with zero attached hydrogens (tertiary/aromatic N) is 1. The first-order chi connectivity index (χ1) is 12.1. The Kier molecular flexibility index (Phi) is 6.16. The molecule has 0 radical (unpaired) electrons. The fraction of sp³-hybridized carbons (Fsp3) is 0.235. The Labute approximate surface area is 144 Å². The lowest BCUT2D eigenvalue weighted by molar-refractivity contribution is -0.112. The Bertz CT molecular complexity index is 781. The lowest BCUT2D eigenvalue weighted by Crippen LogP contribution is -2.09. The van der Waals surface area contributed by atoms with Gasteiger partial charge in [0.15, 0.2) is 5.69 Å². The van der Waals surface area contributed by atoms with Gasteiger partial charge in [-0.05, 0) is 31.2 Å². The van der Waals surface area contributed by atoms with Gasteiger partial charge in [0.05, 0.1) is 20.8 Å². The zero-order chi connectivity index (χ0) is 18.2. The van der Waals surface area contributed by atoms with Crippen LogP contribution in [0, 0.1) is 0 Å². The molecule has 25 heavy (non-hydrogen) atoms. The van der Waals surface area contributed by atoms with Crippen LogP contribution in [0.1, 0.15) is 23.0 Å². The summed E-state index contributed by atoms with van der Waals surface area (Å²) in [5, 5.41) is 2.41. The van der Waals surface area contributed by atoms with Crippen LogP contribution in [0.3, 0.4) is 0 Å². The molecule has 0 saturated heterocycles. The molecule has 1 N–H and O–H groups in total. The van der Waals surface area contributed by atoms with Crippen molar-refractivity contribution in [1.82, 2.24) is 4.98 Å². The molecule has 132 valence electrons. The predicted octanol–water partition coefficient (Wildman–Crippen LogP) is 2.52. The quantitative estimate of drug-likeness (QED) is 0.607. The summed E-state index contributed by atoms with van der Waals surface area (Å²) >= 11 is 0. The first-order valence-corrected chi connectivity index (χ1v) is 7.41. The highest BCUT2D eigenvalue weighted by atomic mass is 16.5. The highest BCUT2D eigenvalue weighted by molar-refractivity contribution is 6.01. The number of anilines is 1. The van der Waals surface area contributed by atoms with Gasteiger partial charge in [-0.3, -0.25) is 10.1 Å². The Morgan fingerprint density at radius 2 is 2.08 bits per heavy atom. The molecule has 0 aliphatic heterocycles. The van der Waals surface area contributed by atoms with Gasteiger partial charge in [-0.2, -0.15) is 4.98 Å². The van der Waals surface area contributed by atoms with Crippen molar-refractivity contribution >= 4 is 24.0 Å². The summed E-state index contributed by atoms with van der Waals surface area (Å²) in [5.41, 5.74) is 0.646. The van der Waals surface area contributed by atoms with Crippen molar-refractivity contribution in [2.24, 2.45) is 0 Å². The maximum atomic E-state index is 12.0. The number of amides is 1. The molecule has 0 aliphatic carbocycles. The number of nitrogens with one attached hydrogen (secondary N) is 1. The van der Waals surface area contributed by atoms with E-state index < -0.39 is 11.9 Å². The van der Waals surface area contributed by atoms with Crippen molar-refractivity contribution in [2.75, 3.05) is 26.1 Å². The fourth-order valence-corrected chi connectivity index (χ4v) is 1.91. The third kappa shape index (κ3) is 4.84. The molecule has 1 heterocycles. The Balaban J connectivity index is 2.05. The number of oxazole rings is 1. The third-order valence-electron chi connectivity index (χ3n) is 3.07. The molecule has 2 aromatic rings. The summed E-state index contributed by atoms with van der Waals surface area (Å²) in [6, 6.07) is 5.11. The molecule has 8 nitrogen and oxygen atoms in total. The number of carbonyl (C=O) groups excluding carboxylic acids is 2. The smallest absolute Gasteiger partial charge is 0.360 e. The van der Waals surface area contributed by atoms with Gasteiger partial charge in [0.1, 0.15) is 17.8 Å². The number of rotatable bonds is 7. The minimum Gasteiger partial charge on any atom is -0.497 e. The molecule has 1 aromatic heterocycles. The lowest BCUT2D eigenvalue weighted by atomic mass is 10.1. The maximum Gasteiger partial charge on any atom is 0.360 e. The Morgan fingerprint density at radius 1 is 1.28 bits per heavy atom. The third-order valence-corrected chi connectivity index (χ3v) is 3.07. The topological polar surface area (TPSA) is 99.9 Å². The number of methoxy groups -OCH3 is 2. The number of hydrogen-bond donors (Lipinski definition) is 1. The van der Waals surface area contributed by atoms with Crippen LogP contribution in [0.15, 0.2) is 35.0 Å². The molecule has 0 fully saturated rings. The molecule has 0 bridgehead atoms. The lowest BCUT2D eigenvalue weighted by Gasteiger charge is -2.06. The first-order valence-electron chi connectivity index (χ1n) is 7.41.